The molecule has 3 rings (SSSR count). The van der Waals surface area contributed by atoms with E-state index in [1.54, 1.807) is 0 Å². The minimum absolute atomic E-state index is 0.105. The Bertz CT molecular complexity index is 789. The lowest BCUT2D eigenvalue weighted by Crippen LogP contribution is -2.48. The van der Waals surface area contributed by atoms with Crippen LogP contribution >= 0.6 is 11.6 Å². The number of carbonyl (C=O) groups is 1. The summed E-state index contributed by atoms with van der Waals surface area (Å²) >= 11 is 6.08. The zero-order chi connectivity index (χ0) is 20.6. The van der Waals surface area contributed by atoms with E-state index in [0.717, 1.165) is 43.2 Å². The highest BCUT2D eigenvalue weighted by Gasteiger charge is 2.25. The van der Waals surface area contributed by atoms with Gasteiger partial charge in [-0.3, -0.25) is 9.69 Å². The number of nitrogens with one attached hydrogen (secondary N) is 1. The summed E-state index contributed by atoms with van der Waals surface area (Å²) in [5.74, 6) is 0.527. The first-order valence-corrected chi connectivity index (χ1v) is 10.6. The summed E-state index contributed by atoms with van der Waals surface area (Å²) in [6, 6.07) is 15.5. The Morgan fingerprint density at radius 1 is 1.10 bits per heavy atom. The highest BCUT2D eigenvalue weighted by atomic mass is 35.5. The average molecular weight is 416 g/mol. The molecule has 1 saturated heterocycles. The monoisotopic (exact) mass is 415 g/mol. The van der Waals surface area contributed by atoms with Gasteiger partial charge in [0.1, 0.15) is 5.75 Å². The first kappa shape index (κ1) is 21.6. The summed E-state index contributed by atoms with van der Waals surface area (Å²) in [6.45, 7) is 7.16. The number of amides is 1. The minimum atomic E-state index is -0.107. The van der Waals surface area contributed by atoms with E-state index in [0.29, 0.717) is 24.5 Å². The second kappa shape index (κ2) is 10.6. The molecule has 2 aromatic carbocycles. The SMILES string of the molecule is CCCOc1ccccc1C(=O)NC[C@H](c1ccc(Cl)cc1)N1CCN(C)CC1. The van der Waals surface area contributed by atoms with Gasteiger partial charge in [0.2, 0.25) is 0 Å². The number of hydrogen-bond donors (Lipinski definition) is 1. The maximum absolute atomic E-state index is 12.9. The first-order chi connectivity index (χ1) is 14.1. The fourth-order valence-corrected chi connectivity index (χ4v) is 3.68. The number of halogens is 1. The number of benzene rings is 2. The number of carbonyl (C=O) groups excluding carboxylic acids is 1. The molecule has 0 bridgehead atoms. The maximum Gasteiger partial charge on any atom is 0.255 e. The zero-order valence-corrected chi connectivity index (χ0v) is 18.0. The van der Waals surface area contributed by atoms with E-state index < -0.39 is 0 Å². The zero-order valence-electron chi connectivity index (χ0n) is 17.2. The van der Waals surface area contributed by atoms with Crippen LogP contribution in [0, 0.1) is 0 Å². The standard InChI is InChI=1S/C23H30ClN3O2/c1-3-16-29-22-7-5-4-6-20(22)23(28)25-17-21(18-8-10-19(24)11-9-18)27-14-12-26(2)13-15-27/h4-11,21H,3,12-17H2,1-2H3,(H,25,28)/t21-/m1/s1. The second-order valence-electron chi connectivity index (χ2n) is 7.46. The van der Waals surface area contributed by atoms with Gasteiger partial charge in [0.15, 0.2) is 0 Å². The predicted octanol–water partition coefficient (Wildman–Crippen LogP) is 3.85. The summed E-state index contributed by atoms with van der Waals surface area (Å²) < 4.78 is 5.75. The molecule has 29 heavy (non-hydrogen) atoms. The Balaban J connectivity index is 1.73. The number of piperazine rings is 1. The molecule has 1 amide bonds. The van der Waals surface area contributed by atoms with Crippen molar-refractivity contribution in [2.24, 2.45) is 0 Å². The van der Waals surface area contributed by atoms with Crippen LogP contribution < -0.4 is 10.1 Å². The van der Waals surface area contributed by atoms with Crippen molar-refractivity contribution in [1.29, 1.82) is 0 Å². The maximum atomic E-state index is 12.9. The third-order valence-corrected chi connectivity index (χ3v) is 5.53. The van der Waals surface area contributed by atoms with Gasteiger partial charge in [-0.25, -0.2) is 0 Å². The lowest BCUT2D eigenvalue weighted by molar-refractivity contribution is 0.0883. The topological polar surface area (TPSA) is 44.8 Å². The Labute approximate surface area is 178 Å². The largest absolute Gasteiger partial charge is 0.493 e. The van der Waals surface area contributed by atoms with Gasteiger partial charge in [-0.05, 0) is 43.3 Å². The molecular formula is C23H30ClN3O2. The molecule has 0 saturated carbocycles. The minimum Gasteiger partial charge on any atom is -0.493 e. The highest BCUT2D eigenvalue weighted by Crippen LogP contribution is 2.24. The van der Waals surface area contributed by atoms with Gasteiger partial charge in [0.05, 0.1) is 18.2 Å². The van der Waals surface area contributed by atoms with Crippen LogP contribution in [0.25, 0.3) is 0 Å². The predicted molar refractivity (Wildman–Crippen MR) is 118 cm³/mol. The summed E-state index contributed by atoms with van der Waals surface area (Å²) in [6.07, 6.45) is 0.901. The molecule has 0 aromatic heterocycles. The van der Waals surface area contributed by atoms with Crippen LogP contribution in [-0.4, -0.2) is 62.1 Å². The first-order valence-electron chi connectivity index (χ1n) is 10.3. The summed E-state index contributed by atoms with van der Waals surface area (Å²) in [5.41, 5.74) is 1.74. The van der Waals surface area contributed by atoms with E-state index in [9.17, 15) is 4.79 Å². The lowest BCUT2D eigenvalue weighted by Gasteiger charge is -2.38. The van der Waals surface area contributed by atoms with Crippen LogP contribution in [0.4, 0.5) is 0 Å². The van der Waals surface area contributed by atoms with Gasteiger partial charge in [-0.2, -0.15) is 0 Å². The van der Waals surface area contributed by atoms with Crippen LogP contribution in [0.2, 0.25) is 5.02 Å². The molecule has 0 unspecified atom stereocenters. The van der Waals surface area contributed by atoms with Crippen molar-refractivity contribution < 1.29 is 9.53 Å². The second-order valence-corrected chi connectivity index (χ2v) is 7.90. The van der Waals surface area contributed by atoms with Crippen molar-refractivity contribution in [1.82, 2.24) is 15.1 Å². The molecule has 1 aliphatic heterocycles. The number of likely N-dealkylation sites (N-methyl/N-ethyl adjacent to an activating group) is 1. The van der Waals surface area contributed by atoms with Crippen LogP contribution in [0.3, 0.4) is 0 Å². The molecule has 5 nitrogen and oxygen atoms in total. The Morgan fingerprint density at radius 2 is 1.79 bits per heavy atom. The van der Waals surface area contributed by atoms with Crippen molar-refractivity contribution in [3.63, 3.8) is 0 Å². The van der Waals surface area contributed by atoms with Crippen LogP contribution in [0.1, 0.15) is 35.3 Å². The summed E-state index contributed by atoms with van der Waals surface area (Å²) in [5, 5.41) is 3.85. The van der Waals surface area contributed by atoms with Gasteiger partial charge >= 0.3 is 0 Å². The van der Waals surface area contributed by atoms with E-state index in [-0.39, 0.29) is 11.9 Å². The quantitative estimate of drug-likeness (QED) is 0.711. The molecule has 1 atom stereocenters. The number of hydrogen-bond acceptors (Lipinski definition) is 4. The number of ether oxygens (including phenoxy) is 1. The number of rotatable bonds is 8. The van der Waals surface area contributed by atoms with Gasteiger partial charge in [0, 0.05) is 37.7 Å². The highest BCUT2D eigenvalue weighted by molar-refractivity contribution is 6.30. The van der Waals surface area contributed by atoms with Gasteiger partial charge in [-0.15, -0.1) is 0 Å². The van der Waals surface area contributed by atoms with E-state index >= 15 is 0 Å². The van der Waals surface area contributed by atoms with Crippen molar-refractivity contribution >= 4 is 17.5 Å². The number of nitrogens with zero attached hydrogens (tertiary/aromatic N) is 2. The van der Waals surface area contributed by atoms with Gasteiger partial charge in [-0.1, -0.05) is 42.8 Å². The van der Waals surface area contributed by atoms with Crippen LogP contribution in [-0.2, 0) is 0 Å². The molecule has 156 valence electrons. The van der Waals surface area contributed by atoms with E-state index in [4.69, 9.17) is 16.3 Å². The fourth-order valence-electron chi connectivity index (χ4n) is 3.55. The Kier molecular flexibility index (Phi) is 7.92. The molecule has 0 spiro atoms. The summed E-state index contributed by atoms with van der Waals surface area (Å²) in [7, 11) is 2.14. The van der Waals surface area contributed by atoms with Crippen LogP contribution in [0.15, 0.2) is 48.5 Å². The van der Waals surface area contributed by atoms with E-state index in [1.807, 2.05) is 36.4 Å². The molecule has 1 heterocycles. The Morgan fingerprint density at radius 3 is 2.48 bits per heavy atom. The Hall–Kier alpha value is -2.08. The molecule has 6 heteroatoms. The van der Waals surface area contributed by atoms with Crippen molar-refractivity contribution in [2.45, 2.75) is 19.4 Å². The average Bonchev–Trinajstić information content (AvgIpc) is 2.75. The number of para-hydroxylation sites is 1. The molecule has 1 fully saturated rings. The molecular weight excluding hydrogens is 386 g/mol. The van der Waals surface area contributed by atoms with E-state index in [2.05, 4.69) is 41.2 Å². The van der Waals surface area contributed by atoms with Crippen molar-refractivity contribution in [3.8, 4) is 5.75 Å². The molecule has 1 N–H and O–H groups in total. The molecule has 2 aromatic rings. The molecule has 0 aliphatic carbocycles. The van der Waals surface area contributed by atoms with E-state index in [1.165, 1.54) is 0 Å². The van der Waals surface area contributed by atoms with Crippen molar-refractivity contribution in [2.75, 3.05) is 46.4 Å². The molecule has 1 aliphatic rings. The lowest BCUT2D eigenvalue weighted by atomic mass is 10.0. The third-order valence-electron chi connectivity index (χ3n) is 5.28. The van der Waals surface area contributed by atoms with Crippen molar-refractivity contribution in [3.05, 3.63) is 64.7 Å². The third kappa shape index (κ3) is 5.95. The van der Waals surface area contributed by atoms with Crippen LogP contribution in [0.5, 0.6) is 5.75 Å². The van der Waals surface area contributed by atoms with Gasteiger partial charge in [0.25, 0.3) is 5.91 Å². The van der Waals surface area contributed by atoms with Gasteiger partial charge < -0.3 is 15.0 Å². The smallest absolute Gasteiger partial charge is 0.255 e. The summed E-state index contributed by atoms with van der Waals surface area (Å²) in [4.78, 5) is 17.7. The normalized spacial score (nSPS) is 16.4. The molecule has 0 radical (unpaired) electrons. The fraction of sp³-hybridized carbons (Fsp3) is 0.435.